The van der Waals surface area contributed by atoms with Crippen LogP contribution in [-0.4, -0.2) is 47.9 Å². The molecular formula is C21H28N4O4. The van der Waals surface area contributed by atoms with Crippen molar-refractivity contribution in [2.24, 2.45) is 17.3 Å². The van der Waals surface area contributed by atoms with Crippen molar-refractivity contribution < 1.29 is 19.1 Å². The first-order chi connectivity index (χ1) is 13.8. The van der Waals surface area contributed by atoms with Gasteiger partial charge in [0, 0.05) is 25.6 Å². The van der Waals surface area contributed by atoms with Crippen LogP contribution < -0.4 is 5.32 Å². The minimum absolute atomic E-state index is 0.0729. The maximum absolute atomic E-state index is 13.1. The monoisotopic (exact) mass is 400 g/mol. The Morgan fingerprint density at radius 3 is 2.17 bits per heavy atom. The average molecular weight is 400 g/mol. The number of carbonyl (C=O) groups is 3. The molecule has 0 aromatic heterocycles. The van der Waals surface area contributed by atoms with Gasteiger partial charge in [0.25, 0.3) is 5.91 Å². The lowest BCUT2D eigenvalue weighted by Gasteiger charge is -2.60. The van der Waals surface area contributed by atoms with Crippen LogP contribution in [0.2, 0.25) is 0 Å². The second kappa shape index (κ2) is 8.41. The molecule has 0 aliphatic heterocycles. The summed E-state index contributed by atoms with van der Waals surface area (Å²) in [4.78, 5) is 38.7. The molecule has 0 radical (unpaired) electrons. The van der Waals surface area contributed by atoms with Gasteiger partial charge in [0.15, 0.2) is 6.61 Å². The van der Waals surface area contributed by atoms with Crippen LogP contribution in [0.4, 0.5) is 0 Å². The zero-order valence-corrected chi connectivity index (χ0v) is 16.9. The van der Waals surface area contributed by atoms with Gasteiger partial charge in [0.1, 0.15) is 0 Å². The zero-order valence-electron chi connectivity index (χ0n) is 16.9. The van der Waals surface area contributed by atoms with Crippen molar-refractivity contribution in [2.75, 3.05) is 19.7 Å². The lowest BCUT2D eigenvalue weighted by Crippen LogP contribution is -2.64. The van der Waals surface area contributed by atoms with E-state index in [1.807, 2.05) is 12.1 Å². The van der Waals surface area contributed by atoms with E-state index in [1.165, 1.54) is 11.8 Å². The van der Waals surface area contributed by atoms with E-state index in [2.05, 4.69) is 5.32 Å². The molecule has 4 aliphatic rings. The minimum Gasteiger partial charge on any atom is -0.455 e. The van der Waals surface area contributed by atoms with Crippen LogP contribution in [0.3, 0.4) is 0 Å². The van der Waals surface area contributed by atoms with E-state index in [0.29, 0.717) is 18.3 Å². The Balaban J connectivity index is 1.64. The highest BCUT2D eigenvalue weighted by Gasteiger charge is 2.61. The van der Waals surface area contributed by atoms with E-state index in [-0.39, 0.29) is 55.9 Å². The average Bonchev–Trinajstić information content (AvgIpc) is 2.63. The molecule has 4 bridgehead atoms. The number of carbonyl (C=O) groups excluding carboxylic acids is 3. The molecule has 29 heavy (non-hydrogen) atoms. The largest absolute Gasteiger partial charge is 0.455 e. The van der Waals surface area contributed by atoms with E-state index in [1.54, 1.807) is 0 Å². The Morgan fingerprint density at radius 2 is 1.66 bits per heavy atom. The van der Waals surface area contributed by atoms with Crippen LogP contribution in [0.1, 0.15) is 58.3 Å². The smallest absolute Gasteiger partial charge is 0.312 e. The van der Waals surface area contributed by atoms with Gasteiger partial charge in [-0.3, -0.25) is 14.4 Å². The number of ether oxygens (including phenoxy) is 1. The second-order valence-electron chi connectivity index (χ2n) is 8.98. The summed E-state index contributed by atoms with van der Waals surface area (Å²) in [6, 6.07) is 3.97. The van der Waals surface area contributed by atoms with Crippen molar-refractivity contribution >= 4 is 17.8 Å². The fourth-order valence-corrected chi connectivity index (χ4v) is 6.12. The Labute approximate surface area is 171 Å². The Hall–Kier alpha value is -2.61. The fraction of sp³-hybridized carbons (Fsp3) is 0.762. The van der Waals surface area contributed by atoms with Gasteiger partial charge in [0.05, 0.1) is 30.4 Å². The molecule has 0 saturated heterocycles. The van der Waals surface area contributed by atoms with Crippen LogP contribution in [-0.2, 0) is 19.1 Å². The number of hydrogen-bond donors (Lipinski definition) is 1. The molecule has 0 aromatic rings. The Morgan fingerprint density at radius 1 is 1.07 bits per heavy atom. The van der Waals surface area contributed by atoms with Gasteiger partial charge in [-0.25, -0.2) is 0 Å². The number of nitrogens with zero attached hydrogens (tertiary/aromatic N) is 3. The number of nitriles is 2. The van der Waals surface area contributed by atoms with Crippen molar-refractivity contribution in [3.63, 3.8) is 0 Å². The molecule has 4 fully saturated rings. The van der Waals surface area contributed by atoms with E-state index in [0.717, 1.165) is 32.1 Å². The van der Waals surface area contributed by atoms with E-state index >= 15 is 0 Å². The van der Waals surface area contributed by atoms with Crippen molar-refractivity contribution in [1.29, 1.82) is 10.5 Å². The molecular weight excluding hydrogens is 372 g/mol. The summed E-state index contributed by atoms with van der Waals surface area (Å²) >= 11 is 0. The van der Waals surface area contributed by atoms with E-state index in [9.17, 15) is 14.4 Å². The molecule has 4 aliphatic carbocycles. The second-order valence-corrected chi connectivity index (χ2v) is 8.98. The fourth-order valence-electron chi connectivity index (χ4n) is 6.12. The van der Waals surface area contributed by atoms with Crippen LogP contribution in [0.15, 0.2) is 0 Å². The highest BCUT2D eigenvalue weighted by atomic mass is 16.5. The van der Waals surface area contributed by atoms with Crippen molar-refractivity contribution in [3.05, 3.63) is 0 Å². The molecule has 2 amide bonds. The highest BCUT2D eigenvalue weighted by molar-refractivity contribution is 5.83. The summed E-state index contributed by atoms with van der Waals surface area (Å²) in [5.41, 5.74) is -0.957. The maximum atomic E-state index is 13.1. The van der Waals surface area contributed by atoms with Gasteiger partial charge in [-0.2, -0.15) is 10.5 Å². The first kappa shape index (κ1) is 21.1. The third-order valence-electron chi connectivity index (χ3n) is 6.60. The molecule has 2 unspecified atom stereocenters. The third-order valence-corrected chi connectivity index (χ3v) is 6.60. The first-order valence-electron chi connectivity index (χ1n) is 10.3. The number of hydrogen-bond acceptors (Lipinski definition) is 6. The van der Waals surface area contributed by atoms with Gasteiger partial charge in [-0.05, 0) is 50.4 Å². The Kier molecular flexibility index (Phi) is 6.12. The van der Waals surface area contributed by atoms with Gasteiger partial charge >= 0.3 is 5.97 Å². The van der Waals surface area contributed by atoms with E-state index < -0.39 is 5.41 Å². The number of amides is 2. The van der Waals surface area contributed by atoms with Crippen molar-refractivity contribution in [1.82, 2.24) is 10.2 Å². The number of nitrogens with one attached hydrogen (secondary N) is 1. The Bertz CT molecular complexity index is 734. The number of esters is 1. The molecule has 0 heterocycles. The normalized spacial score (nSPS) is 31.4. The topological polar surface area (TPSA) is 123 Å². The van der Waals surface area contributed by atoms with Gasteiger partial charge < -0.3 is 15.0 Å². The van der Waals surface area contributed by atoms with Crippen LogP contribution in [0.25, 0.3) is 0 Å². The summed E-state index contributed by atoms with van der Waals surface area (Å²) in [5.74, 6) is -0.0140. The standard InChI is InChI=1S/C21H28N4O4/c1-15(26)24-21-11-16-8-17(12-21)10-20(9-16,14-21)19(28)29-13-18(27)25(6-2-4-22)7-3-5-23/h16-17H,2-3,6-14H2,1H3,(H,24,26). The predicted octanol–water partition coefficient (Wildman–Crippen LogP) is 1.66. The quantitative estimate of drug-likeness (QED) is 0.618. The molecule has 8 nitrogen and oxygen atoms in total. The highest BCUT2D eigenvalue weighted by Crippen LogP contribution is 2.62. The molecule has 2 atom stereocenters. The summed E-state index contributed by atoms with van der Waals surface area (Å²) in [6.45, 7) is 1.57. The summed E-state index contributed by atoms with van der Waals surface area (Å²) < 4.78 is 5.47. The van der Waals surface area contributed by atoms with Crippen LogP contribution in [0, 0.1) is 39.9 Å². The number of rotatable bonds is 8. The molecule has 156 valence electrons. The molecule has 4 rings (SSSR count). The lowest BCUT2D eigenvalue weighted by molar-refractivity contribution is -0.178. The van der Waals surface area contributed by atoms with Crippen molar-refractivity contribution in [2.45, 2.75) is 63.8 Å². The molecule has 1 N–H and O–H groups in total. The summed E-state index contributed by atoms with van der Waals surface area (Å²) in [5, 5.41) is 20.6. The molecule has 4 saturated carbocycles. The SMILES string of the molecule is CC(=O)NC12CC3CC(C1)CC(C(=O)OCC(=O)N(CCC#N)CCC#N)(C3)C2. The zero-order chi connectivity index (χ0) is 21.1. The lowest BCUT2D eigenvalue weighted by atomic mass is 9.47. The van der Waals surface area contributed by atoms with E-state index in [4.69, 9.17) is 15.3 Å². The van der Waals surface area contributed by atoms with Crippen LogP contribution >= 0.6 is 0 Å². The first-order valence-corrected chi connectivity index (χ1v) is 10.3. The van der Waals surface area contributed by atoms with Crippen molar-refractivity contribution in [3.8, 4) is 12.1 Å². The molecule has 8 heteroatoms. The predicted molar refractivity (Wildman–Crippen MR) is 102 cm³/mol. The summed E-state index contributed by atoms with van der Waals surface area (Å²) in [7, 11) is 0. The summed E-state index contributed by atoms with van der Waals surface area (Å²) in [6.07, 6.45) is 5.32. The maximum Gasteiger partial charge on any atom is 0.312 e. The third kappa shape index (κ3) is 4.53. The van der Waals surface area contributed by atoms with Gasteiger partial charge in [0.2, 0.25) is 5.91 Å². The van der Waals surface area contributed by atoms with Gasteiger partial charge in [-0.1, -0.05) is 0 Å². The van der Waals surface area contributed by atoms with Gasteiger partial charge in [-0.15, -0.1) is 0 Å². The molecule has 0 aromatic carbocycles. The van der Waals surface area contributed by atoms with Crippen LogP contribution in [0.5, 0.6) is 0 Å². The minimum atomic E-state index is -0.628. The molecule has 0 spiro atoms.